The molecule has 1 aromatic rings. The average Bonchev–Trinajstić information content (AvgIpc) is 2.66. The van der Waals surface area contributed by atoms with Crippen LogP contribution in [0.2, 0.25) is 0 Å². The predicted molar refractivity (Wildman–Crippen MR) is 87.0 cm³/mol. The van der Waals surface area contributed by atoms with Gasteiger partial charge in [0.15, 0.2) is 0 Å². The van der Waals surface area contributed by atoms with E-state index in [1.807, 2.05) is 51.1 Å². The third-order valence-corrected chi connectivity index (χ3v) is 3.69. The van der Waals surface area contributed by atoms with E-state index < -0.39 is 16.7 Å². The number of thioether (sulfide) groups is 1. The summed E-state index contributed by atoms with van der Waals surface area (Å²) >= 11 is 0.855. The summed E-state index contributed by atoms with van der Waals surface area (Å²) in [6.07, 6.45) is 1.66. The van der Waals surface area contributed by atoms with Crippen molar-refractivity contribution in [1.82, 2.24) is 10.2 Å². The number of rotatable bonds is 3. The van der Waals surface area contributed by atoms with Gasteiger partial charge in [-0.05, 0) is 44.2 Å². The lowest BCUT2D eigenvalue weighted by Crippen LogP contribution is -2.46. The Morgan fingerprint density at radius 2 is 1.86 bits per heavy atom. The van der Waals surface area contributed by atoms with E-state index in [1.54, 1.807) is 6.08 Å². The zero-order valence-corrected chi connectivity index (χ0v) is 13.6. The molecule has 22 heavy (non-hydrogen) atoms. The molecular weight excluding hydrogens is 300 g/mol. The van der Waals surface area contributed by atoms with Crippen LogP contribution in [-0.2, 0) is 9.59 Å². The molecule has 1 saturated heterocycles. The van der Waals surface area contributed by atoms with Crippen molar-refractivity contribution in [3.63, 3.8) is 0 Å². The van der Waals surface area contributed by atoms with Gasteiger partial charge in [-0.1, -0.05) is 30.3 Å². The molecule has 0 saturated carbocycles. The molecule has 5 nitrogen and oxygen atoms in total. The molecule has 3 amide bonds. The fraction of sp³-hybridized carbons (Fsp3) is 0.312. The van der Waals surface area contributed by atoms with Gasteiger partial charge < -0.3 is 5.32 Å². The van der Waals surface area contributed by atoms with Gasteiger partial charge in [0.2, 0.25) is 5.91 Å². The highest BCUT2D eigenvalue weighted by Gasteiger charge is 2.36. The van der Waals surface area contributed by atoms with Gasteiger partial charge in [0.1, 0.15) is 6.54 Å². The smallest absolute Gasteiger partial charge is 0.294 e. The van der Waals surface area contributed by atoms with Crippen molar-refractivity contribution >= 4 is 34.9 Å². The topological polar surface area (TPSA) is 66.5 Å². The number of amides is 3. The molecule has 0 radical (unpaired) electrons. The van der Waals surface area contributed by atoms with Crippen LogP contribution in [-0.4, -0.2) is 34.0 Å². The van der Waals surface area contributed by atoms with E-state index >= 15 is 0 Å². The number of benzene rings is 1. The van der Waals surface area contributed by atoms with Gasteiger partial charge in [0.25, 0.3) is 11.1 Å². The quantitative estimate of drug-likeness (QED) is 0.870. The Kier molecular flexibility index (Phi) is 4.71. The Morgan fingerprint density at radius 3 is 2.45 bits per heavy atom. The Bertz CT molecular complexity index is 633. The molecule has 1 aromatic carbocycles. The van der Waals surface area contributed by atoms with Gasteiger partial charge in [0, 0.05) is 5.54 Å². The molecule has 1 aliphatic heterocycles. The molecule has 2 rings (SSSR count). The first-order valence-electron chi connectivity index (χ1n) is 6.88. The summed E-state index contributed by atoms with van der Waals surface area (Å²) in [7, 11) is 0. The second-order valence-corrected chi connectivity index (χ2v) is 6.97. The number of nitrogens with zero attached hydrogens (tertiary/aromatic N) is 1. The van der Waals surface area contributed by atoms with Crippen LogP contribution in [0.1, 0.15) is 26.3 Å². The normalized spacial score (nSPS) is 17.2. The van der Waals surface area contributed by atoms with Crippen molar-refractivity contribution in [3.8, 4) is 0 Å². The first-order chi connectivity index (χ1) is 10.3. The molecule has 1 aliphatic rings. The summed E-state index contributed by atoms with van der Waals surface area (Å²) in [4.78, 5) is 37.4. The summed E-state index contributed by atoms with van der Waals surface area (Å²) in [5.41, 5.74) is 0.436. The zero-order chi connectivity index (χ0) is 16.3. The van der Waals surface area contributed by atoms with Gasteiger partial charge in [-0.2, -0.15) is 0 Å². The third-order valence-electron chi connectivity index (χ3n) is 2.79. The third kappa shape index (κ3) is 4.21. The summed E-state index contributed by atoms with van der Waals surface area (Å²) in [6.45, 7) is 5.27. The van der Waals surface area contributed by atoms with Crippen molar-refractivity contribution in [2.24, 2.45) is 0 Å². The SMILES string of the molecule is CC(C)(C)NC(=O)CN1C(=O)S/C(=C\c2ccccc2)C1=O. The van der Waals surface area contributed by atoms with E-state index in [2.05, 4.69) is 5.32 Å². The van der Waals surface area contributed by atoms with Crippen LogP contribution in [0.3, 0.4) is 0 Å². The van der Waals surface area contributed by atoms with Crippen LogP contribution in [0.15, 0.2) is 35.2 Å². The number of nitrogens with one attached hydrogen (secondary N) is 1. The second kappa shape index (κ2) is 6.36. The summed E-state index contributed by atoms with van der Waals surface area (Å²) in [6, 6.07) is 9.28. The van der Waals surface area contributed by atoms with E-state index in [0.717, 1.165) is 22.2 Å². The summed E-state index contributed by atoms with van der Waals surface area (Å²) in [5.74, 6) is -0.779. The summed E-state index contributed by atoms with van der Waals surface area (Å²) in [5, 5.41) is 2.32. The van der Waals surface area contributed by atoms with Crippen molar-refractivity contribution in [1.29, 1.82) is 0 Å². The van der Waals surface area contributed by atoms with Crippen LogP contribution in [0.4, 0.5) is 4.79 Å². The molecule has 0 bridgehead atoms. The van der Waals surface area contributed by atoms with Gasteiger partial charge in [0.05, 0.1) is 4.91 Å². The lowest BCUT2D eigenvalue weighted by Gasteiger charge is -2.22. The van der Waals surface area contributed by atoms with Crippen molar-refractivity contribution in [3.05, 3.63) is 40.8 Å². The van der Waals surface area contributed by atoms with Gasteiger partial charge in [-0.15, -0.1) is 0 Å². The van der Waals surface area contributed by atoms with Gasteiger partial charge in [-0.25, -0.2) is 0 Å². The number of hydrogen-bond donors (Lipinski definition) is 1. The number of carbonyl (C=O) groups excluding carboxylic acids is 3. The van der Waals surface area contributed by atoms with Crippen LogP contribution in [0.5, 0.6) is 0 Å². The molecule has 6 heteroatoms. The number of imide groups is 1. The largest absolute Gasteiger partial charge is 0.350 e. The van der Waals surface area contributed by atoms with E-state index in [4.69, 9.17) is 0 Å². The number of hydrogen-bond acceptors (Lipinski definition) is 4. The molecule has 0 aromatic heterocycles. The Morgan fingerprint density at radius 1 is 1.23 bits per heavy atom. The maximum absolute atomic E-state index is 12.3. The van der Waals surface area contributed by atoms with Crippen molar-refractivity contribution < 1.29 is 14.4 Å². The Balaban J connectivity index is 2.09. The highest BCUT2D eigenvalue weighted by atomic mass is 32.2. The maximum atomic E-state index is 12.3. The lowest BCUT2D eigenvalue weighted by atomic mass is 10.1. The van der Waals surface area contributed by atoms with Crippen LogP contribution >= 0.6 is 11.8 Å². The number of carbonyl (C=O) groups is 3. The minimum atomic E-state index is -0.428. The summed E-state index contributed by atoms with van der Waals surface area (Å²) < 4.78 is 0. The highest BCUT2D eigenvalue weighted by molar-refractivity contribution is 8.18. The van der Waals surface area contributed by atoms with Crippen molar-refractivity contribution in [2.45, 2.75) is 26.3 Å². The second-order valence-electron chi connectivity index (χ2n) is 5.98. The fourth-order valence-corrected chi connectivity index (χ4v) is 2.78. The van der Waals surface area contributed by atoms with Crippen LogP contribution < -0.4 is 5.32 Å². The Hall–Kier alpha value is -2.08. The molecule has 1 heterocycles. The molecule has 0 spiro atoms. The molecular formula is C16H18N2O3S. The van der Waals surface area contributed by atoms with E-state index in [-0.39, 0.29) is 12.5 Å². The predicted octanol–water partition coefficient (Wildman–Crippen LogP) is 2.64. The molecule has 0 atom stereocenters. The molecule has 1 N–H and O–H groups in total. The first kappa shape index (κ1) is 16.3. The standard InChI is InChI=1S/C16H18N2O3S/c1-16(2,3)17-13(19)10-18-14(20)12(22-15(18)21)9-11-7-5-4-6-8-11/h4-9H,10H2,1-3H3,(H,17,19)/b12-9-. The molecule has 1 fully saturated rings. The van der Waals surface area contributed by atoms with Crippen LogP contribution in [0, 0.1) is 0 Å². The van der Waals surface area contributed by atoms with Crippen molar-refractivity contribution in [2.75, 3.05) is 6.54 Å². The monoisotopic (exact) mass is 318 g/mol. The van der Waals surface area contributed by atoms with E-state index in [0.29, 0.717) is 4.91 Å². The Labute approximate surface area is 133 Å². The van der Waals surface area contributed by atoms with Crippen LogP contribution in [0.25, 0.3) is 6.08 Å². The minimum absolute atomic E-state index is 0.256. The molecule has 0 unspecified atom stereocenters. The molecule has 0 aliphatic carbocycles. The minimum Gasteiger partial charge on any atom is -0.350 e. The maximum Gasteiger partial charge on any atom is 0.294 e. The van der Waals surface area contributed by atoms with Gasteiger partial charge in [-0.3, -0.25) is 19.3 Å². The van der Waals surface area contributed by atoms with E-state index in [1.165, 1.54) is 0 Å². The highest BCUT2D eigenvalue weighted by Crippen LogP contribution is 2.31. The molecule has 116 valence electrons. The first-order valence-corrected chi connectivity index (χ1v) is 7.69. The fourth-order valence-electron chi connectivity index (χ4n) is 1.94. The van der Waals surface area contributed by atoms with E-state index in [9.17, 15) is 14.4 Å². The average molecular weight is 318 g/mol. The zero-order valence-electron chi connectivity index (χ0n) is 12.8. The lowest BCUT2D eigenvalue weighted by molar-refractivity contribution is -0.130. The van der Waals surface area contributed by atoms with Gasteiger partial charge >= 0.3 is 0 Å².